The van der Waals surface area contributed by atoms with E-state index in [4.69, 9.17) is 11.6 Å². The van der Waals surface area contributed by atoms with Gasteiger partial charge in [0.1, 0.15) is 0 Å². The van der Waals surface area contributed by atoms with Crippen molar-refractivity contribution in [2.45, 2.75) is 58.5 Å². The van der Waals surface area contributed by atoms with Crippen LogP contribution < -0.4 is 0 Å². The molecule has 0 aliphatic rings. The van der Waals surface area contributed by atoms with Crippen LogP contribution in [0.15, 0.2) is 10.2 Å². The van der Waals surface area contributed by atoms with Crippen LogP contribution in [0.3, 0.4) is 0 Å². The zero-order valence-electron chi connectivity index (χ0n) is 9.56. The van der Waals surface area contributed by atoms with Gasteiger partial charge in [-0.15, -0.1) is 0 Å². The molecule has 0 aliphatic carbocycles. The number of nitrogens with zero attached hydrogens (tertiary/aromatic N) is 2. The maximum Gasteiger partial charge on any atom is 0.156 e. The third-order valence-electron chi connectivity index (χ3n) is 1.90. The van der Waals surface area contributed by atoms with Gasteiger partial charge in [-0.25, -0.2) is 0 Å². The molecular weight excluding hydrogens is 184 g/mol. The van der Waals surface area contributed by atoms with Crippen molar-refractivity contribution < 1.29 is 0 Å². The highest BCUT2D eigenvalue weighted by Crippen LogP contribution is 2.31. The van der Waals surface area contributed by atoms with Crippen molar-refractivity contribution in [3.63, 3.8) is 0 Å². The molecule has 0 spiro atoms. The lowest BCUT2D eigenvalue weighted by Crippen LogP contribution is -2.25. The second-order valence-corrected chi connectivity index (χ2v) is 5.35. The minimum Gasteiger partial charge on any atom is -0.186 e. The highest BCUT2D eigenvalue weighted by atomic mass is 35.5. The summed E-state index contributed by atoms with van der Waals surface area (Å²) in [4.78, 5) is -0.521. The summed E-state index contributed by atoms with van der Waals surface area (Å²) in [7, 11) is 0. The van der Waals surface area contributed by atoms with Gasteiger partial charge in [0, 0.05) is 0 Å². The van der Waals surface area contributed by atoms with Gasteiger partial charge in [-0.1, -0.05) is 32.4 Å². The fourth-order valence-electron chi connectivity index (χ4n) is 0.828. The first kappa shape index (κ1) is 12.9. The second-order valence-electron chi connectivity index (χ2n) is 4.70. The smallest absolute Gasteiger partial charge is 0.156 e. The fourth-order valence-corrected chi connectivity index (χ4v) is 0.865. The summed E-state index contributed by atoms with van der Waals surface area (Å²) in [6, 6.07) is 0. The average molecular weight is 205 g/mol. The molecule has 0 aliphatic heterocycles. The third-order valence-corrected chi connectivity index (χ3v) is 2.68. The van der Waals surface area contributed by atoms with Crippen LogP contribution in [-0.2, 0) is 0 Å². The van der Waals surface area contributed by atoms with Gasteiger partial charge in [-0.3, -0.25) is 0 Å². The molecule has 1 unspecified atom stereocenters. The summed E-state index contributed by atoms with van der Waals surface area (Å²) < 4.78 is 0. The maximum atomic E-state index is 6.30. The Morgan fingerprint density at radius 1 is 1.15 bits per heavy atom. The molecular formula is C10H21ClN2. The molecule has 0 amide bonds. The maximum absolute atomic E-state index is 6.30. The first-order valence-corrected chi connectivity index (χ1v) is 5.22. The van der Waals surface area contributed by atoms with Crippen LogP contribution in [0.2, 0.25) is 0 Å². The highest BCUT2D eigenvalue weighted by Gasteiger charge is 2.29. The van der Waals surface area contributed by atoms with Crippen LogP contribution in [-0.4, -0.2) is 10.5 Å². The van der Waals surface area contributed by atoms with Crippen molar-refractivity contribution in [2.75, 3.05) is 0 Å². The van der Waals surface area contributed by atoms with E-state index in [1.165, 1.54) is 0 Å². The Morgan fingerprint density at radius 2 is 1.62 bits per heavy atom. The van der Waals surface area contributed by atoms with E-state index in [0.29, 0.717) is 5.92 Å². The summed E-state index contributed by atoms with van der Waals surface area (Å²) in [5, 5.41) is 8.45. The molecule has 0 rings (SSSR count). The normalized spacial score (nSPS) is 18.2. The SMILES string of the molecule is CCC(Cl)(N=NC(C)(C)C)C(C)C. The largest absolute Gasteiger partial charge is 0.186 e. The highest BCUT2D eigenvalue weighted by molar-refractivity contribution is 6.23. The van der Waals surface area contributed by atoms with Gasteiger partial charge in [-0.05, 0) is 33.1 Å². The monoisotopic (exact) mass is 204 g/mol. The van der Waals surface area contributed by atoms with Crippen molar-refractivity contribution >= 4 is 11.6 Å². The number of azo groups is 1. The Morgan fingerprint density at radius 3 is 1.85 bits per heavy atom. The summed E-state index contributed by atoms with van der Waals surface area (Å²) in [5.41, 5.74) is -0.135. The van der Waals surface area contributed by atoms with Gasteiger partial charge >= 0.3 is 0 Å². The van der Waals surface area contributed by atoms with Crippen molar-refractivity contribution in [3.8, 4) is 0 Å². The molecule has 0 radical (unpaired) electrons. The van der Waals surface area contributed by atoms with E-state index in [1.54, 1.807) is 0 Å². The molecule has 0 bridgehead atoms. The molecule has 0 heterocycles. The van der Waals surface area contributed by atoms with Crippen LogP contribution >= 0.6 is 11.6 Å². The molecule has 78 valence electrons. The topological polar surface area (TPSA) is 24.7 Å². The zero-order chi connectivity index (χ0) is 10.7. The van der Waals surface area contributed by atoms with Gasteiger partial charge in [0.25, 0.3) is 0 Å². The van der Waals surface area contributed by atoms with E-state index >= 15 is 0 Å². The minimum absolute atomic E-state index is 0.135. The standard InChI is InChI=1S/C10H21ClN2/c1-7-10(11,8(2)3)13-12-9(4,5)6/h8H,7H2,1-6H3. The number of hydrogen-bond acceptors (Lipinski definition) is 2. The van der Waals surface area contributed by atoms with Gasteiger partial charge in [0.05, 0.1) is 5.54 Å². The molecule has 1 atom stereocenters. The first-order chi connectivity index (χ1) is 5.71. The molecule has 0 saturated carbocycles. The third kappa shape index (κ3) is 4.61. The van der Waals surface area contributed by atoms with Crippen molar-refractivity contribution in [1.82, 2.24) is 0 Å². The van der Waals surface area contributed by atoms with E-state index in [0.717, 1.165) is 6.42 Å². The molecule has 0 aromatic rings. The average Bonchev–Trinajstić information content (AvgIpc) is 1.98. The van der Waals surface area contributed by atoms with E-state index in [1.807, 2.05) is 27.7 Å². The molecule has 3 heteroatoms. The van der Waals surface area contributed by atoms with Crippen LogP contribution in [0.1, 0.15) is 48.0 Å². The summed E-state index contributed by atoms with van der Waals surface area (Å²) in [5.74, 6) is 0.310. The quantitative estimate of drug-likeness (QED) is 0.373. The second kappa shape index (κ2) is 4.41. The van der Waals surface area contributed by atoms with E-state index in [2.05, 4.69) is 24.1 Å². The molecule has 0 aromatic heterocycles. The van der Waals surface area contributed by atoms with E-state index in [-0.39, 0.29) is 5.54 Å². The van der Waals surface area contributed by atoms with Crippen LogP contribution in [0.4, 0.5) is 0 Å². The predicted molar refractivity (Wildman–Crippen MR) is 58.3 cm³/mol. The van der Waals surface area contributed by atoms with E-state index < -0.39 is 5.00 Å². The Bertz CT molecular complexity index is 182. The van der Waals surface area contributed by atoms with Crippen LogP contribution in [0.25, 0.3) is 0 Å². The Labute approximate surface area is 86.8 Å². The van der Waals surface area contributed by atoms with Gasteiger partial charge in [0.15, 0.2) is 5.00 Å². The number of halogens is 1. The molecule has 0 fully saturated rings. The molecule has 2 nitrogen and oxygen atoms in total. The molecule has 13 heavy (non-hydrogen) atoms. The lowest BCUT2D eigenvalue weighted by molar-refractivity contribution is 0.385. The van der Waals surface area contributed by atoms with Crippen molar-refractivity contribution in [1.29, 1.82) is 0 Å². The predicted octanol–water partition coefficient (Wildman–Crippen LogP) is 4.24. The summed E-state index contributed by atoms with van der Waals surface area (Å²) in [6.07, 6.45) is 0.811. The Hall–Kier alpha value is -0.110. The summed E-state index contributed by atoms with van der Waals surface area (Å²) >= 11 is 6.30. The Kier molecular flexibility index (Phi) is 4.37. The molecule has 0 aromatic carbocycles. The number of alkyl halides is 1. The minimum atomic E-state index is -0.521. The van der Waals surface area contributed by atoms with Gasteiger partial charge in [-0.2, -0.15) is 10.2 Å². The Balaban J connectivity index is 4.54. The zero-order valence-corrected chi connectivity index (χ0v) is 10.3. The van der Waals surface area contributed by atoms with Crippen LogP contribution in [0.5, 0.6) is 0 Å². The number of hydrogen-bond donors (Lipinski definition) is 0. The molecule has 0 saturated heterocycles. The fraction of sp³-hybridized carbons (Fsp3) is 1.00. The summed E-state index contributed by atoms with van der Waals surface area (Å²) in [6.45, 7) is 12.2. The first-order valence-electron chi connectivity index (χ1n) is 4.84. The molecule has 0 N–H and O–H groups in total. The number of rotatable bonds is 3. The van der Waals surface area contributed by atoms with Crippen molar-refractivity contribution in [3.05, 3.63) is 0 Å². The van der Waals surface area contributed by atoms with E-state index in [9.17, 15) is 0 Å². The lowest BCUT2D eigenvalue weighted by Gasteiger charge is -2.25. The van der Waals surface area contributed by atoms with Crippen molar-refractivity contribution in [2.24, 2.45) is 16.1 Å². The van der Waals surface area contributed by atoms with Crippen LogP contribution in [0, 0.1) is 5.92 Å². The lowest BCUT2D eigenvalue weighted by atomic mass is 10.0. The van der Waals surface area contributed by atoms with Gasteiger partial charge < -0.3 is 0 Å². The van der Waals surface area contributed by atoms with Gasteiger partial charge in [0.2, 0.25) is 0 Å².